The van der Waals surface area contributed by atoms with Gasteiger partial charge in [0.1, 0.15) is 5.76 Å². The molecule has 0 saturated heterocycles. The zero-order valence-corrected chi connectivity index (χ0v) is 12.5. The Morgan fingerprint density at radius 3 is 2.40 bits per heavy atom. The van der Waals surface area contributed by atoms with Crippen molar-refractivity contribution in [3.05, 3.63) is 23.7 Å². The van der Waals surface area contributed by atoms with Crippen LogP contribution in [0.3, 0.4) is 0 Å². The van der Waals surface area contributed by atoms with Crippen molar-refractivity contribution in [1.82, 2.24) is 10.6 Å². The van der Waals surface area contributed by atoms with Crippen LogP contribution in [0.2, 0.25) is 0 Å². The van der Waals surface area contributed by atoms with Crippen LogP contribution in [0.15, 0.2) is 16.5 Å². The maximum Gasteiger partial charge on any atom is 0.373 e. The van der Waals surface area contributed by atoms with Gasteiger partial charge < -0.3 is 14.5 Å². The number of amides is 1. The lowest BCUT2D eigenvalue weighted by Gasteiger charge is -2.19. The van der Waals surface area contributed by atoms with Gasteiger partial charge in [0.2, 0.25) is 11.7 Å². The second-order valence-corrected chi connectivity index (χ2v) is 4.97. The van der Waals surface area contributed by atoms with E-state index < -0.39 is 5.97 Å². The van der Waals surface area contributed by atoms with Gasteiger partial charge in [0.15, 0.2) is 0 Å². The largest absolute Gasteiger partial charge is 0.463 e. The molecule has 112 valence electrons. The summed E-state index contributed by atoms with van der Waals surface area (Å²) >= 11 is 0. The number of hydrogen-bond acceptors (Lipinski definition) is 5. The first kappa shape index (κ1) is 16.2. The summed E-state index contributed by atoms with van der Waals surface area (Å²) in [4.78, 5) is 23.1. The normalized spacial score (nSPS) is 13.9. The molecule has 0 aliphatic carbocycles. The van der Waals surface area contributed by atoms with Gasteiger partial charge in [-0.3, -0.25) is 10.1 Å². The molecule has 0 radical (unpaired) electrons. The summed E-state index contributed by atoms with van der Waals surface area (Å²) in [6.45, 7) is 7.45. The van der Waals surface area contributed by atoms with E-state index in [1.165, 1.54) is 7.11 Å². The molecule has 0 spiro atoms. The highest BCUT2D eigenvalue weighted by molar-refractivity contribution is 5.86. The fourth-order valence-electron chi connectivity index (χ4n) is 1.74. The second-order valence-electron chi connectivity index (χ2n) is 4.97. The van der Waals surface area contributed by atoms with Crippen molar-refractivity contribution in [2.75, 3.05) is 7.11 Å². The molecule has 1 heterocycles. The molecular formula is C14H22N2O4. The quantitative estimate of drug-likeness (QED) is 0.775. The Bertz CT molecular complexity index is 467. The lowest BCUT2D eigenvalue weighted by atomic mass is 10.2. The molecule has 2 unspecified atom stereocenters. The number of esters is 1. The Balaban J connectivity index is 2.62. The third-order valence-corrected chi connectivity index (χ3v) is 2.76. The van der Waals surface area contributed by atoms with E-state index in [0.717, 1.165) is 0 Å². The number of furan rings is 1. The number of methoxy groups -OCH3 is 1. The number of rotatable bonds is 6. The van der Waals surface area contributed by atoms with Crippen molar-refractivity contribution in [3.63, 3.8) is 0 Å². The van der Waals surface area contributed by atoms with Crippen LogP contribution in [-0.4, -0.2) is 31.1 Å². The third kappa shape index (κ3) is 4.38. The number of carbonyl (C=O) groups is 2. The number of hydrogen-bond donors (Lipinski definition) is 2. The van der Waals surface area contributed by atoms with Crippen molar-refractivity contribution in [3.8, 4) is 0 Å². The fraction of sp³-hybridized carbons (Fsp3) is 0.571. The Kier molecular flexibility index (Phi) is 5.76. The van der Waals surface area contributed by atoms with E-state index in [1.54, 1.807) is 19.1 Å². The molecule has 0 saturated carbocycles. The van der Waals surface area contributed by atoms with Crippen molar-refractivity contribution in [1.29, 1.82) is 0 Å². The molecule has 1 aromatic rings. The predicted octanol–water partition coefficient (Wildman–Crippen LogP) is 1.63. The topological polar surface area (TPSA) is 80.6 Å². The average Bonchev–Trinajstić information content (AvgIpc) is 2.86. The van der Waals surface area contributed by atoms with E-state index in [2.05, 4.69) is 15.4 Å². The highest BCUT2D eigenvalue weighted by atomic mass is 16.5. The SMILES string of the molecule is COC(=O)c1ccc(C(C)NC(C)C(=O)NC(C)C)o1. The highest BCUT2D eigenvalue weighted by Gasteiger charge is 2.20. The van der Waals surface area contributed by atoms with Gasteiger partial charge >= 0.3 is 5.97 Å². The lowest BCUT2D eigenvalue weighted by Crippen LogP contribution is -2.45. The summed E-state index contributed by atoms with van der Waals surface area (Å²) in [6.07, 6.45) is 0. The van der Waals surface area contributed by atoms with Crippen LogP contribution >= 0.6 is 0 Å². The Labute approximate surface area is 118 Å². The molecule has 1 aromatic heterocycles. The maximum atomic E-state index is 11.8. The minimum Gasteiger partial charge on any atom is -0.463 e. The highest BCUT2D eigenvalue weighted by Crippen LogP contribution is 2.17. The van der Waals surface area contributed by atoms with Crippen LogP contribution in [0.25, 0.3) is 0 Å². The number of nitrogens with one attached hydrogen (secondary N) is 2. The summed E-state index contributed by atoms with van der Waals surface area (Å²) in [6, 6.07) is 2.78. The van der Waals surface area contributed by atoms with Crippen molar-refractivity contribution >= 4 is 11.9 Å². The van der Waals surface area contributed by atoms with Crippen LogP contribution < -0.4 is 10.6 Å². The molecule has 0 bridgehead atoms. The zero-order chi connectivity index (χ0) is 15.3. The first-order chi connectivity index (χ1) is 9.35. The molecule has 20 heavy (non-hydrogen) atoms. The minimum atomic E-state index is -0.519. The Morgan fingerprint density at radius 1 is 1.20 bits per heavy atom. The van der Waals surface area contributed by atoms with Gasteiger partial charge in [0.25, 0.3) is 0 Å². The first-order valence-electron chi connectivity index (χ1n) is 6.59. The molecule has 0 aliphatic rings. The summed E-state index contributed by atoms with van der Waals surface area (Å²) in [7, 11) is 1.30. The number of ether oxygens (including phenoxy) is 1. The zero-order valence-electron chi connectivity index (χ0n) is 12.5. The summed E-state index contributed by atoms with van der Waals surface area (Å²) in [5.41, 5.74) is 0. The maximum absolute atomic E-state index is 11.8. The van der Waals surface area contributed by atoms with Gasteiger partial charge in [-0.1, -0.05) is 0 Å². The van der Waals surface area contributed by atoms with Crippen molar-refractivity contribution < 1.29 is 18.7 Å². The minimum absolute atomic E-state index is 0.0772. The van der Waals surface area contributed by atoms with Gasteiger partial charge in [-0.15, -0.1) is 0 Å². The summed E-state index contributed by atoms with van der Waals surface area (Å²) < 4.78 is 9.97. The van der Waals surface area contributed by atoms with E-state index >= 15 is 0 Å². The van der Waals surface area contributed by atoms with Crippen molar-refractivity contribution in [2.24, 2.45) is 0 Å². The molecule has 0 fully saturated rings. The molecule has 1 rings (SSSR count). The van der Waals surface area contributed by atoms with E-state index in [9.17, 15) is 9.59 Å². The van der Waals surface area contributed by atoms with Gasteiger partial charge in [0.05, 0.1) is 19.2 Å². The van der Waals surface area contributed by atoms with Crippen LogP contribution in [0.5, 0.6) is 0 Å². The van der Waals surface area contributed by atoms with Crippen LogP contribution in [0.1, 0.15) is 50.1 Å². The monoisotopic (exact) mass is 282 g/mol. The van der Waals surface area contributed by atoms with Crippen LogP contribution in [0, 0.1) is 0 Å². The lowest BCUT2D eigenvalue weighted by molar-refractivity contribution is -0.123. The molecular weight excluding hydrogens is 260 g/mol. The molecule has 6 heteroatoms. The van der Waals surface area contributed by atoms with E-state index in [0.29, 0.717) is 5.76 Å². The molecule has 2 atom stereocenters. The Hall–Kier alpha value is -1.82. The van der Waals surface area contributed by atoms with Gasteiger partial charge in [-0.2, -0.15) is 0 Å². The van der Waals surface area contributed by atoms with Crippen LogP contribution in [-0.2, 0) is 9.53 Å². The van der Waals surface area contributed by atoms with Crippen LogP contribution in [0.4, 0.5) is 0 Å². The average molecular weight is 282 g/mol. The standard InChI is InChI=1S/C14H22N2O4/c1-8(2)15-13(17)10(4)16-9(3)11-6-7-12(20-11)14(18)19-5/h6-10,16H,1-5H3,(H,15,17). The smallest absolute Gasteiger partial charge is 0.373 e. The summed E-state index contributed by atoms with van der Waals surface area (Å²) in [5.74, 6) is 0.130. The molecule has 2 N–H and O–H groups in total. The Morgan fingerprint density at radius 2 is 1.85 bits per heavy atom. The molecule has 0 aromatic carbocycles. The second kappa shape index (κ2) is 7.09. The van der Waals surface area contributed by atoms with E-state index in [1.807, 2.05) is 20.8 Å². The molecule has 6 nitrogen and oxygen atoms in total. The van der Waals surface area contributed by atoms with Gasteiger partial charge in [0, 0.05) is 6.04 Å². The summed E-state index contributed by atoms with van der Waals surface area (Å²) in [5, 5.41) is 5.94. The number of carbonyl (C=O) groups excluding carboxylic acids is 2. The van der Waals surface area contributed by atoms with E-state index in [4.69, 9.17) is 4.42 Å². The fourth-order valence-corrected chi connectivity index (χ4v) is 1.74. The molecule has 1 amide bonds. The van der Waals surface area contributed by atoms with Gasteiger partial charge in [-0.25, -0.2) is 4.79 Å². The van der Waals surface area contributed by atoms with Crippen molar-refractivity contribution in [2.45, 2.75) is 45.8 Å². The third-order valence-electron chi connectivity index (χ3n) is 2.76. The molecule has 0 aliphatic heterocycles. The van der Waals surface area contributed by atoms with Gasteiger partial charge in [-0.05, 0) is 39.8 Å². The van der Waals surface area contributed by atoms with E-state index in [-0.39, 0.29) is 29.8 Å². The first-order valence-corrected chi connectivity index (χ1v) is 6.59. The predicted molar refractivity (Wildman–Crippen MR) is 74.3 cm³/mol.